The Morgan fingerprint density at radius 1 is 1.06 bits per heavy atom. The zero-order valence-corrected chi connectivity index (χ0v) is 20.0. The van der Waals surface area contributed by atoms with Crippen LogP contribution in [0, 0.1) is 6.92 Å². The monoisotopic (exact) mass is 480 g/mol. The lowest BCUT2D eigenvalue weighted by atomic mass is 10.1. The van der Waals surface area contributed by atoms with Gasteiger partial charge in [0, 0.05) is 23.6 Å². The molecule has 0 spiro atoms. The molecule has 0 N–H and O–H groups in total. The van der Waals surface area contributed by atoms with Crippen LogP contribution in [0.5, 0.6) is 0 Å². The lowest BCUT2D eigenvalue weighted by molar-refractivity contribution is -0.189. The van der Waals surface area contributed by atoms with Crippen LogP contribution in [0.1, 0.15) is 19.4 Å². The van der Waals surface area contributed by atoms with E-state index in [0.717, 1.165) is 9.69 Å². The van der Waals surface area contributed by atoms with Crippen molar-refractivity contribution in [3.8, 4) is 0 Å². The third-order valence-electron chi connectivity index (χ3n) is 4.53. The largest absolute Gasteiger partial charge is 0.805 e. The van der Waals surface area contributed by atoms with Gasteiger partial charge in [-0.3, -0.25) is 0 Å². The van der Waals surface area contributed by atoms with Gasteiger partial charge in [0.1, 0.15) is 0 Å². The molecule has 31 heavy (non-hydrogen) atoms. The highest BCUT2D eigenvalue weighted by atomic mass is 35.5. The minimum atomic E-state index is -4.22. The third-order valence-corrected chi connectivity index (χ3v) is 7.89. The number of benzene rings is 3. The number of anilines is 1. The van der Waals surface area contributed by atoms with Gasteiger partial charge >= 0.3 is 0 Å². The first kappa shape index (κ1) is 23.9. The van der Waals surface area contributed by atoms with E-state index in [1.54, 1.807) is 39.0 Å². The molecule has 0 aromatic heterocycles. The van der Waals surface area contributed by atoms with Gasteiger partial charge in [-0.1, -0.05) is 48.0 Å². The van der Waals surface area contributed by atoms with Gasteiger partial charge in [0.05, 0.1) is 10.6 Å². The number of hydrogen-bond donors (Lipinski definition) is 0. The van der Waals surface area contributed by atoms with Crippen LogP contribution in [0.25, 0.3) is 10.8 Å². The van der Waals surface area contributed by atoms with Gasteiger partial charge in [0.15, 0.2) is 5.97 Å². The van der Waals surface area contributed by atoms with Crippen LogP contribution in [-0.4, -0.2) is 27.6 Å². The highest BCUT2D eigenvalue weighted by Gasteiger charge is 2.35. The van der Waals surface area contributed by atoms with Gasteiger partial charge in [-0.25, -0.2) is 12.7 Å². The van der Waals surface area contributed by atoms with Crippen LogP contribution in [0.4, 0.5) is 5.69 Å². The highest BCUT2D eigenvalue weighted by Crippen LogP contribution is 2.43. The molecule has 3 aromatic rings. The van der Waals surface area contributed by atoms with Gasteiger partial charge in [-0.05, 0) is 64.4 Å². The van der Waals surface area contributed by atoms with Crippen molar-refractivity contribution in [1.29, 1.82) is 0 Å². The van der Waals surface area contributed by atoms with Gasteiger partial charge < -0.3 is 14.2 Å². The number of ether oxygens (including phenoxy) is 1. The van der Waals surface area contributed by atoms with Crippen molar-refractivity contribution in [2.24, 2.45) is 0 Å². The molecule has 0 aliphatic carbocycles. The molecule has 166 valence electrons. The van der Waals surface area contributed by atoms with E-state index < -0.39 is 24.4 Å². The van der Waals surface area contributed by atoms with Crippen LogP contribution in [0.3, 0.4) is 0 Å². The molecule has 0 saturated heterocycles. The standard InChI is InChI=1S/C22H24ClNO5PS/c1-4-28-22(30(25)29-5-2)24(21-12-8-10-17-9-6-7-11-20(17)21)31(26,27)19-14-16(3)13-18(23)15-19/h6-15,22H,4-5H2,1-3H3/q-1. The number of rotatable bonds is 9. The maximum atomic E-state index is 13.9. The zero-order chi connectivity index (χ0) is 22.6. The predicted octanol–water partition coefficient (Wildman–Crippen LogP) is 5.03. The van der Waals surface area contributed by atoms with Gasteiger partial charge in [-0.15, -0.1) is 0 Å². The normalized spacial score (nSPS) is 13.8. The lowest BCUT2D eigenvalue weighted by Crippen LogP contribution is -2.43. The van der Waals surface area contributed by atoms with Crippen molar-refractivity contribution < 1.29 is 22.6 Å². The first-order valence-electron chi connectivity index (χ1n) is 9.79. The summed E-state index contributed by atoms with van der Waals surface area (Å²) in [5.41, 5.74) is 1.03. The summed E-state index contributed by atoms with van der Waals surface area (Å²) in [5.74, 6) is -1.35. The van der Waals surface area contributed by atoms with E-state index in [2.05, 4.69) is 0 Å². The third kappa shape index (κ3) is 5.20. The molecule has 6 nitrogen and oxygen atoms in total. The molecule has 0 bridgehead atoms. The SMILES string of the molecule is CCOC(N(c1cccc2ccccc12)S(=O)(=O)c1cc(C)cc(Cl)c1)P([O-])OCC. The van der Waals surface area contributed by atoms with Crippen molar-refractivity contribution in [3.63, 3.8) is 0 Å². The van der Waals surface area contributed by atoms with Crippen molar-refractivity contribution in [2.45, 2.75) is 31.6 Å². The number of hydrogen-bond acceptors (Lipinski definition) is 5. The molecular weight excluding hydrogens is 457 g/mol. The second-order valence-electron chi connectivity index (χ2n) is 6.75. The Labute approximate surface area is 189 Å². The van der Waals surface area contributed by atoms with Crippen LogP contribution in [0.15, 0.2) is 65.6 Å². The molecule has 2 unspecified atom stereocenters. The average molecular weight is 481 g/mol. The number of aryl methyl sites for hydroxylation is 1. The Hall–Kier alpha value is -1.73. The fraction of sp³-hybridized carbons (Fsp3) is 0.273. The van der Waals surface area contributed by atoms with Crippen LogP contribution < -0.4 is 9.20 Å². The van der Waals surface area contributed by atoms with Crippen LogP contribution >= 0.6 is 20.0 Å². The molecule has 0 radical (unpaired) electrons. The van der Waals surface area contributed by atoms with Gasteiger partial charge in [0.25, 0.3) is 10.0 Å². The van der Waals surface area contributed by atoms with Crippen molar-refractivity contribution in [3.05, 3.63) is 71.2 Å². The van der Waals surface area contributed by atoms with E-state index in [1.165, 1.54) is 12.1 Å². The summed E-state index contributed by atoms with van der Waals surface area (Å²) in [6, 6.07) is 17.2. The Balaban J connectivity index is 2.30. The molecule has 0 fully saturated rings. The van der Waals surface area contributed by atoms with E-state index in [0.29, 0.717) is 21.7 Å². The van der Waals surface area contributed by atoms with Gasteiger partial charge in [-0.2, -0.15) is 0 Å². The Morgan fingerprint density at radius 3 is 2.45 bits per heavy atom. The Morgan fingerprint density at radius 2 is 1.77 bits per heavy atom. The summed E-state index contributed by atoms with van der Waals surface area (Å²) >= 11 is 6.16. The second-order valence-corrected chi connectivity index (χ2v) is 10.3. The summed E-state index contributed by atoms with van der Waals surface area (Å²) in [6.45, 7) is 5.45. The van der Waals surface area contributed by atoms with E-state index in [1.807, 2.05) is 30.3 Å². The molecular formula is C22H24ClNO5PS-. The molecule has 0 amide bonds. The first-order valence-corrected chi connectivity index (χ1v) is 12.9. The lowest BCUT2D eigenvalue weighted by Gasteiger charge is -2.40. The second kappa shape index (κ2) is 10.3. The van der Waals surface area contributed by atoms with E-state index in [-0.39, 0.29) is 18.1 Å². The number of halogens is 1. The minimum absolute atomic E-state index is 0.0185. The smallest absolute Gasteiger partial charge is 0.266 e. The number of fused-ring (bicyclic) bond motifs is 1. The van der Waals surface area contributed by atoms with Crippen molar-refractivity contribution in [1.82, 2.24) is 0 Å². The number of nitrogens with zero attached hydrogens (tertiary/aromatic N) is 1. The number of sulfonamides is 1. The molecule has 3 aromatic carbocycles. The topological polar surface area (TPSA) is 78.9 Å². The predicted molar refractivity (Wildman–Crippen MR) is 124 cm³/mol. The Bertz CT molecular complexity index is 1130. The maximum absolute atomic E-state index is 13.9. The molecule has 2 atom stereocenters. The van der Waals surface area contributed by atoms with Crippen molar-refractivity contribution >= 4 is 46.5 Å². The van der Waals surface area contributed by atoms with E-state index >= 15 is 0 Å². The van der Waals surface area contributed by atoms with Crippen LogP contribution in [0.2, 0.25) is 5.02 Å². The fourth-order valence-electron chi connectivity index (χ4n) is 3.29. The molecule has 0 aliphatic rings. The van der Waals surface area contributed by atoms with Crippen molar-refractivity contribution in [2.75, 3.05) is 17.5 Å². The maximum Gasteiger partial charge on any atom is 0.266 e. The molecule has 0 heterocycles. The quantitative estimate of drug-likeness (QED) is 0.317. The zero-order valence-electron chi connectivity index (χ0n) is 17.5. The van der Waals surface area contributed by atoms with Crippen LogP contribution in [-0.2, 0) is 19.3 Å². The minimum Gasteiger partial charge on any atom is -0.805 e. The van der Waals surface area contributed by atoms with E-state index in [4.69, 9.17) is 20.9 Å². The molecule has 9 heteroatoms. The van der Waals surface area contributed by atoms with Gasteiger partial charge in [0.2, 0.25) is 0 Å². The summed E-state index contributed by atoms with van der Waals surface area (Å²) in [7, 11) is -6.71. The first-order chi connectivity index (χ1) is 14.8. The average Bonchev–Trinajstić information content (AvgIpc) is 2.73. The summed E-state index contributed by atoms with van der Waals surface area (Å²) in [6.07, 6.45) is 0. The fourth-order valence-corrected chi connectivity index (χ4v) is 6.75. The molecule has 0 aliphatic heterocycles. The summed E-state index contributed by atoms with van der Waals surface area (Å²) < 4.78 is 39.9. The molecule has 3 rings (SSSR count). The summed E-state index contributed by atoms with van der Waals surface area (Å²) in [5, 5.41) is 1.81. The Kier molecular flexibility index (Phi) is 7.92. The molecule has 0 saturated carbocycles. The highest BCUT2D eigenvalue weighted by molar-refractivity contribution is 7.93. The van der Waals surface area contributed by atoms with E-state index in [9.17, 15) is 13.3 Å². The summed E-state index contributed by atoms with van der Waals surface area (Å²) in [4.78, 5) is 12.9.